The Hall–Kier alpha value is -2.50. The van der Waals surface area contributed by atoms with Crippen molar-refractivity contribution in [3.05, 3.63) is 84.9 Å². The van der Waals surface area contributed by atoms with E-state index in [4.69, 9.17) is 9.47 Å². The second-order valence-electron chi connectivity index (χ2n) is 5.61. The average molecular weight is 323 g/mol. The normalized spacial score (nSPS) is 22.6. The highest BCUT2D eigenvalue weighted by atomic mass is 16.7. The Morgan fingerprint density at radius 1 is 1.04 bits per heavy atom. The largest absolute Gasteiger partial charge is 0.342 e. The molecular formula is C19H21N3O2. The van der Waals surface area contributed by atoms with Crippen LogP contribution in [0.1, 0.15) is 12.5 Å². The molecule has 0 spiro atoms. The third kappa shape index (κ3) is 4.07. The summed E-state index contributed by atoms with van der Waals surface area (Å²) in [5.41, 5.74) is 1.00. The minimum absolute atomic E-state index is 0.0775. The number of ether oxygens (including phenoxy) is 2. The zero-order chi connectivity index (χ0) is 16.7. The van der Waals surface area contributed by atoms with E-state index in [2.05, 4.69) is 10.1 Å². The van der Waals surface area contributed by atoms with Crippen LogP contribution in [0.15, 0.2) is 79.4 Å². The lowest BCUT2D eigenvalue weighted by Crippen LogP contribution is -2.33. The summed E-state index contributed by atoms with van der Waals surface area (Å²) in [6, 6.07) is 22.0. The van der Waals surface area contributed by atoms with Crippen molar-refractivity contribution in [2.24, 2.45) is 0 Å². The first kappa shape index (κ1) is 16.4. The molecule has 1 aromatic heterocycles. The molecule has 0 radical (unpaired) electrons. The van der Waals surface area contributed by atoms with E-state index < -0.39 is 5.79 Å². The molecular weight excluding hydrogens is 302 g/mol. The summed E-state index contributed by atoms with van der Waals surface area (Å²) in [6.45, 7) is 3.09. The van der Waals surface area contributed by atoms with E-state index in [0.29, 0.717) is 13.2 Å². The molecule has 0 saturated carbocycles. The van der Waals surface area contributed by atoms with Crippen LogP contribution >= 0.6 is 0 Å². The van der Waals surface area contributed by atoms with E-state index in [1.54, 1.807) is 11.0 Å². The fraction of sp³-hybridized carbons (Fsp3) is 0.263. The summed E-state index contributed by atoms with van der Waals surface area (Å²) in [4.78, 5) is 3.95. The standard InChI is InChI=1S/C13H15N3O2.C6H6/c1-11-7-17-13(18-11,8-16-10-14-9-15-16)12-5-3-2-4-6-12;1-2-4-6-5-3-1/h2-6,9-11H,7-8H2,1H3;1-6H. The number of aromatic nitrogens is 3. The topological polar surface area (TPSA) is 49.2 Å². The maximum Gasteiger partial charge on any atom is 0.215 e. The molecule has 0 amide bonds. The van der Waals surface area contributed by atoms with Gasteiger partial charge >= 0.3 is 0 Å². The molecule has 1 aliphatic rings. The molecule has 5 heteroatoms. The molecule has 2 unspecified atom stereocenters. The van der Waals surface area contributed by atoms with Gasteiger partial charge in [-0.25, -0.2) is 9.67 Å². The van der Waals surface area contributed by atoms with Crippen LogP contribution in [-0.4, -0.2) is 27.5 Å². The molecule has 24 heavy (non-hydrogen) atoms. The lowest BCUT2D eigenvalue weighted by Gasteiger charge is -2.28. The van der Waals surface area contributed by atoms with Crippen LogP contribution in [0.4, 0.5) is 0 Å². The van der Waals surface area contributed by atoms with Crippen molar-refractivity contribution in [3.63, 3.8) is 0 Å². The Kier molecular flexibility index (Phi) is 5.36. The number of hydrogen-bond donors (Lipinski definition) is 0. The van der Waals surface area contributed by atoms with Crippen molar-refractivity contribution < 1.29 is 9.47 Å². The third-order valence-electron chi connectivity index (χ3n) is 3.66. The fourth-order valence-electron chi connectivity index (χ4n) is 2.58. The molecule has 0 aliphatic carbocycles. The van der Waals surface area contributed by atoms with Crippen LogP contribution in [0.25, 0.3) is 0 Å². The molecule has 2 atom stereocenters. The number of rotatable bonds is 3. The number of nitrogens with zero attached hydrogens (tertiary/aromatic N) is 3. The lowest BCUT2D eigenvalue weighted by molar-refractivity contribution is -0.186. The minimum Gasteiger partial charge on any atom is -0.342 e. The Bertz CT molecular complexity index is 677. The minimum atomic E-state index is -0.756. The third-order valence-corrected chi connectivity index (χ3v) is 3.66. The van der Waals surface area contributed by atoms with Gasteiger partial charge in [0, 0.05) is 5.56 Å². The summed E-state index contributed by atoms with van der Waals surface area (Å²) in [5, 5.41) is 4.12. The summed E-state index contributed by atoms with van der Waals surface area (Å²) < 4.78 is 13.6. The number of hydrogen-bond acceptors (Lipinski definition) is 4. The first-order valence-corrected chi connectivity index (χ1v) is 7.98. The second-order valence-corrected chi connectivity index (χ2v) is 5.61. The fourth-order valence-corrected chi connectivity index (χ4v) is 2.58. The van der Waals surface area contributed by atoms with Crippen molar-refractivity contribution in [2.45, 2.75) is 25.4 Å². The van der Waals surface area contributed by atoms with E-state index in [0.717, 1.165) is 5.56 Å². The van der Waals surface area contributed by atoms with Crippen LogP contribution in [0.5, 0.6) is 0 Å². The summed E-state index contributed by atoms with van der Waals surface area (Å²) in [6.07, 6.45) is 3.26. The van der Waals surface area contributed by atoms with Gasteiger partial charge in [0.05, 0.1) is 12.7 Å². The van der Waals surface area contributed by atoms with E-state index in [1.165, 1.54) is 6.33 Å². The van der Waals surface area contributed by atoms with Gasteiger partial charge in [0.25, 0.3) is 0 Å². The van der Waals surface area contributed by atoms with E-state index >= 15 is 0 Å². The highest BCUT2D eigenvalue weighted by Crippen LogP contribution is 2.35. The molecule has 124 valence electrons. The molecule has 1 saturated heterocycles. The summed E-state index contributed by atoms with van der Waals surface area (Å²) in [7, 11) is 0. The van der Waals surface area contributed by atoms with E-state index in [-0.39, 0.29) is 6.10 Å². The van der Waals surface area contributed by atoms with Crippen LogP contribution < -0.4 is 0 Å². The summed E-state index contributed by atoms with van der Waals surface area (Å²) >= 11 is 0. The van der Waals surface area contributed by atoms with Crippen LogP contribution in [0.3, 0.4) is 0 Å². The SMILES string of the molecule is CC1COC(Cn2cncn2)(c2ccccc2)O1.c1ccccc1. The first-order chi connectivity index (χ1) is 11.8. The van der Waals surface area contributed by atoms with Gasteiger partial charge < -0.3 is 9.47 Å². The average Bonchev–Trinajstić information content (AvgIpc) is 3.29. The Labute approximate surface area is 141 Å². The van der Waals surface area contributed by atoms with Crippen molar-refractivity contribution in [1.29, 1.82) is 0 Å². The Morgan fingerprint density at radius 2 is 1.67 bits per heavy atom. The van der Waals surface area contributed by atoms with Gasteiger partial charge in [0.1, 0.15) is 19.2 Å². The maximum atomic E-state index is 6.00. The van der Waals surface area contributed by atoms with Gasteiger partial charge in [-0.1, -0.05) is 66.7 Å². The van der Waals surface area contributed by atoms with Gasteiger partial charge in [-0.15, -0.1) is 0 Å². The van der Waals surface area contributed by atoms with Gasteiger partial charge in [0.15, 0.2) is 0 Å². The van der Waals surface area contributed by atoms with Crippen molar-refractivity contribution in [3.8, 4) is 0 Å². The Balaban J connectivity index is 0.000000238. The Morgan fingerprint density at radius 3 is 2.17 bits per heavy atom. The van der Waals surface area contributed by atoms with Gasteiger partial charge in [0.2, 0.25) is 5.79 Å². The zero-order valence-corrected chi connectivity index (χ0v) is 13.7. The van der Waals surface area contributed by atoms with Crippen LogP contribution in [0.2, 0.25) is 0 Å². The highest BCUT2D eigenvalue weighted by molar-refractivity contribution is 5.21. The van der Waals surface area contributed by atoms with Crippen molar-refractivity contribution >= 4 is 0 Å². The molecule has 2 aromatic carbocycles. The summed E-state index contributed by atoms with van der Waals surface area (Å²) in [5.74, 6) is -0.756. The lowest BCUT2D eigenvalue weighted by atomic mass is 10.1. The second kappa shape index (κ2) is 7.86. The molecule has 0 N–H and O–H groups in total. The predicted octanol–water partition coefficient (Wildman–Crippen LogP) is 3.25. The monoisotopic (exact) mass is 323 g/mol. The van der Waals surface area contributed by atoms with Gasteiger partial charge in [-0.05, 0) is 6.92 Å². The van der Waals surface area contributed by atoms with Gasteiger partial charge in [-0.3, -0.25) is 0 Å². The van der Waals surface area contributed by atoms with E-state index in [9.17, 15) is 0 Å². The zero-order valence-electron chi connectivity index (χ0n) is 13.7. The molecule has 4 rings (SSSR count). The quantitative estimate of drug-likeness (QED) is 0.742. The smallest absolute Gasteiger partial charge is 0.215 e. The molecule has 2 heterocycles. The first-order valence-electron chi connectivity index (χ1n) is 7.98. The predicted molar refractivity (Wildman–Crippen MR) is 91.1 cm³/mol. The van der Waals surface area contributed by atoms with Crippen LogP contribution in [-0.2, 0) is 21.8 Å². The molecule has 0 bridgehead atoms. The van der Waals surface area contributed by atoms with Crippen molar-refractivity contribution in [1.82, 2.24) is 14.8 Å². The molecule has 3 aromatic rings. The van der Waals surface area contributed by atoms with E-state index in [1.807, 2.05) is 73.7 Å². The van der Waals surface area contributed by atoms with Crippen LogP contribution in [0, 0.1) is 0 Å². The maximum absolute atomic E-state index is 6.00. The van der Waals surface area contributed by atoms with Gasteiger partial charge in [-0.2, -0.15) is 5.10 Å². The molecule has 1 fully saturated rings. The highest BCUT2D eigenvalue weighted by Gasteiger charge is 2.42. The molecule has 5 nitrogen and oxygen atoms in total. The van der Waals surface area contributed by atoms with Crippen molar-refractivity contribution in [2.75, 3.05) is 6.61 Å². The molecule has 1 aliphatic heterocycles. The number of benzene rings is 2.